The van der Waals surface area contributed by atoms with Crippen LogP contribution in [0, 0.1) is 0 Å². The Morgan fingerprint density at radius 2 is 2.33 bits per heavy atom. The molecule has 1 unspecified atom stereocenters. The van der Waals surface area contributed by atoms with Crippen molar-refractivity contribution in [3.63, 3.8) is 0 Å². The summed E-state index contributed by atoms with van der Waals surface area (Å²) < 4.78 is 1.04. The molecule has 2 rings (SSSR count). The van der Waals surface area contributed by atoms with Crippen LogP contribution in [0.3, 0.4) is 0 Å². The van der Waals surface area contributed by atoms with Crippen molar-refractivity contribution in [1.82, 2.24) is 0 Å². The van der Waals surface area contributed by atoms with Crippen molar-refractivity contribution in [3.8, 4) is 0 Å². The molecule has 0 bridgehead atoms. The van der Waals surface area contributed by atoms with Crippen molar-refractivity contribution in [2.75, 3.05) is 0 Å². The molecule has 1 N–H and O–H groups in total. The zero-order chi connectivity index (χ0) is 10.8. The van der Waals surface area contributed by atoms with E-state index in [0.717, 1.165) is 23.7 Å². The molecule has 1 aromatic rings. The van der Waals surface area contributed by atoms with E-state index >= 15 is 0 Å². The number of fused-ring (bicyclic) bond motifs is 1. The largest absolute Gasteiger partial charge is 0.481 e. The summed E-state index contributed by atoms with van der Waals surface area (Å²) in [7, 11) is 0. The highest BCUT2D eigenvalue weighted by molar-refractivity contribution is 9.10. The first-order chi connectivity index (χ1) is 7.16. The molecule has 80 valence electrons. The lowest BCUT2D eigenvalue weighted by Gasteiger charge is -2.24. The maximum absolute atomic E-state index is 10.8. The lowest BCUT2D eigenvalue weighted by molar-refractivity contribution is -0.137. The predicted octanol–water partition coefficient (Wildman–Crippen LogP) is 3.34. The molecule has 0 radical (unpaired) electrons. The van der Waals surface area contributed by atoms with Crippen LogP contribution in [0.15, 0.2) is 22.7 Å². The number of aliphatic carboxylic acids is 1. The van der Waals surface area contributed by atoms with E-state index in [1.165, 1.54) is 11.1 Å². The molecule has 0 aliphatic heterocycles. The SMILES string of the molecule is O=C(O)CC1CCCc2ccc(Br)cc21. The molecule has 0 saturated heterocycles. The normalized spacial score (nSPS) is 19.7. The molecule has 0 spiro atoms. The third-order valence-electron chi connectivity index (χ3n) is 2.97. The van der Waals surface area contributed by atoms with E-state index in [1.54, 1.807) is 0 Å². The third-order valence-corrected chi connectivity index (χ3v) is 3.46. The summed E-state index contributed by atoms with van der Waals surface area (Å²) in [4.78, 5) is 10.8. The maximum Gasteiger partial charge on any atom is 0.303 e. The molecule has 3 heteroatoms. The zero-order valence-corrected chi connectivity index (χ0v) is 9.96. The maximum atomic E-state index is 10.8. The highest BCUT2D eigenvalue weighted by Crippen LogP contribution is 2.35. The van der Waals surface area contributed by atoms with Crippen LogP contribution in [0.2, 0.25) is 0 Å². The number of carbonyl (C=O) groups is 1. The molecule has 2 nitrogen and oxygen atoms in total. The molecule has 0 amide bonds. The Morgan fingerprint density at radius 1 is 1.53 bits per heavy atom. The average Bonchev–Trinajstić information content (AvgIpc) is 2.18. The topological polar surface area (TPSA) is 37.3 Å². The predicted molar refractivity (Wildman–Crippen MR) is 62.1 cm³/mol. The van der Waals surface area contributed by atoms with Gasteiger partial charge in [-0.1, -0.05) is 22.0 Å². The number of hydrogen-bond acceptors (Lipinski definition) is 1. The second-order valence-corrected chi connectivity index (χ2v) is 4.95. The number of carboxylic acids is 1. The van der Waals surface area contributed by atoms with Crippen LogP contribution >= 0.6 is 15.9 Å². The number of benzene rings is 1. The molecular formula is C12H13BrO2. The standard InChI is InChI=1S/C12H13BrO2/c13-10-5-4-8-2-1-3-9(6-12(14)15)11(8)7-10/h4-5,7,9H,1-3,6H2,(H,14,15). The lowest BCUT2D eigenvalue weighted by Crippen LogP contribution is -2.13. The van der Waals surface area contributed by atoms with E-state index in [-0.39, 0.29) is 12.3 Å². The van der Waals surface area contributed by atoms with Gasteiger partial charge in [0.15, 0.2) is 0 Å². The van der Waals surface area contributed by atoms with Gasteiger partial charge < -0.3 is 5.11 Å². The third kappa shape index (κ3) is 2.40. The monoisotopic (exact) mass is 268 g/mol. The van der Waals surface area contributed by atoms with Crippen molar-refractivity contribution < 1.29 is 9.90 Å². The summed E-state index contributed by atoms with van der Waals surface area (Å²) in [5, 5.41) is 8.85. The molecule has 0 heterocycles. The van der Waals surface area contributed by atoms with E-state index in [9.17, 15) is 4.79 Å². The van der Waals surface area contributed by atoms with Gasteiger partial charge in [-0.2, -0.15) is 0 Å². The number of carboxylic acid groups (broad SMARTS) is 1. The number of aryl methyl sites for hydroxylation is 1. The number of halogens is 1. The van der Waals surface area contributed by atoms with Crippen molar-refractivity contribution in [3.05, 3.63) is 33.8 Å². The van der Waals surface area contributed by atoms with E-state index in [2.05, 4.69) is 28.1 Å². The number of rotatable bonds is 2. The Balaban J connectivity index is 2.32. The Kier molecular flexibility index (Phi) is 3.10. The van der Waals surface area contributed by atoms with Gasteiger partial charge in [-0.3, -0.25) is 4.79 Å². The Hall–Kier alpha value is -0.830. The van der Waals surface area contributed by atoms with Crippen LogP contribution < -0.4 is 0 Å². The van der Waals surface area contributed by atoms with Gasteiger partial charge in [0.1, 0.15) is 0 Å². The number of hydrogen-bond donors (Lipinski definition) is 1. The molecule has 1 aromatic carbocycles. The summed E-state index contributed by atoms with van der Waals surface area (Å²) in [6.07, 6.45) is 3.44. The first kappa shape index (κ1) is 10.7. The van der Waals surface area contributed by atoms with Crippen LogP contribution in [0.1, 0.15) is 36.3 Å². The summed E-state index contributed by atoms with van der Waals surface area (Å²) in [6, 6.07) is 6.21. The van der Waals surface area contributed by atoms with E-state index < -0.39 is 5.97 Å². The van der Waals surface area contributed by atoms with E-state index in [1.807, 2.05) is 6.07 Å². The molecule has 0 fully saturated rings. The molecular weight excluding hydrogens is 256 g/mol. The zero-order valence-electron chi connectivity index (χ0n) is 8.37. The van der Waals surface area contributed by atoms with E-state index in [0.29, 0.717) is 0 Å². The summed E-state index contributed by atoms with van der Waals surface area (Å²) in [5.74, 6) is -0.503. The van der Waals surface area contributed by atoms with Crippen LogP contribution in [-0.2, 0) is 11.2 Å². The molecule has 0 aromatic heterocycles. The molecule has 1 aliphatic rings. The fourth-order valence-electron chi connectivity index (χ4n) is 2.29. The van der Waals surface area contributed by atoms with Gasteiger partial charge in [-0.25, -0.2) is 0 Å². The quantitative estimate of drug-likeness (QED) is 0.894. The smallest absolute Gasteiger partial charge is 0.303 e. The van der Waals surface area contributed by atoms with Gasteiger partial charge in [-0.15, -0.1) is 0 Å². The fourth-order valence-corrected chi connectivity index (χ4v) is 2.67. The second kappa shape index (κ2) is 4.35. The Morgan fingerprint density at radius 3 is 3.07 bits per heavy atom. The van der Waals surface area contributed by atoms with Crippen molar-refractivity contribution in [2.45, 2.75) is 31.6 Å². The van der Waals surface area contributed by atoms with Crippen LogP contribution in [0.5, 0.6) is 0 Å². The van der Waals surface area contributed by atoms with Crippen molar-refractivity contribution in [2.24, 2.45) is 0 Å². The summed E-state index contributed by atoms with van der Waals surface area (Å²) in [5.41, 5.74) is 2.54. The summed E-state index contributed by atoms with van der Waals surface area (Å²) >= 11 is 3.44. The van der Waals surface area contributed by atoms with Gasteiger partial charge in [0.2, 0.25) is 0 Å². The van der Waals surface area contributed by atoms with Gasteiger partial charge in [0.25, 0.3) is 0 Å². The van der Waals surface area contributed by atoms with Crippen molar-refractivity contribution in [1.29, 1.82) is 0 Å². The molecule has 1 aliphatic carbocycles. The Labute approximate surface area is 97.4 Å². The minimum atomic E-state index is -0.701. The Bertz CT molecular complexity index is 387. The van der Waals surface area contributed by atoms with Crippen molar-refractivity contribution >= 4 is 21.9 Å². The minimum absolute atomic E-state index is 0.198. The van der Waals surface area contributed by atoms with Gasteiger partial charge in [-0.05, 0) is 48.4 Å². The first-order valence-corrected chi connectivity index (χ1v) is 5.96. The molecule has 15 heavy (non-hydrogen) atoms. The highest BCUT2D eigenvalue weighted by Gasteiger charge is 2.22. The van der Waals surface area contributed by atoms with Gasteiger partial charge in [0, 0.05) is 4.47 Å². The molecule has 0 saturated carbocycles. The fraction of sp³-hybridized carbons (Fsp3) is 0.417. The highest BCUT2D eigenvalue weighted by atomic mass is 79.9. The average molecular weight is 269 g/mol. The summed E-state index contributed by atoms with van der Waals surface area (Å²) in [6.45, 7) is 0. The van der Waals surface area contributed by atoms with Crippen LogP contribution in [0.25, 0.3) is 0 Å². The second-order valence-electron chi connectivity index (χ2n) is 4.03. The van der Waals surface area contributed by atoms with Gasteiger partial charge in [0.05, 0.1) is 6.42 Å². The minimum Gasteiger partial charge on any atom is -0.481 e. The molecule has 1 atom stereocenters. The van der Waals surface area contributed by atoms with Crippen LogP contribution in [-0.4, -0.2) is 11.1 Å². The first-order valence-electron chi connectivity index (χ1n) is 5.17. The van der Waals surface area contributed by atoms with E-state index in [4.69, 9.17) is 5.11 Å². The van der Waals surface area contributed by atoms with Gasteiger partial charge >= 0.3 is 5.97 Å². The van der Waals surface area contributed by atoms with Crippen LogP contribution in [0.4, 0.5) is 0 Å². The lowest BCUT2D eigenvalue weighted by atomic mass is 9.81.